The van der Waals surface area contributed by atoms with Crippen LogP contribution in [0.5, 0.6) is 0 Å². The molecule has 2 unspecified atom stereocenters. The van der Waals surface area contributed by atoms with Crippen molar-refractivity contribution >= 4 is 22.6 Å². The monoisotopic (exact) mass is 325 g/mol. The average molecular weight is 325 g/mol. The lowest BCUT2D eigenvalue weighted by molar-refractivity contribution is -0.147. The van der Waals surface area contributed by atoms with E-state index < -0.39 is 11.9 Å². The number of hydrogen-bond donors (Lipinski definition) is 1. The number of carboxylic acids is 1. The fraction of sp³-hybridized carbons (Fsp3) is 0.400. The summed E-state index contributed by atoms with van der Waals surface area (Å²) >= 11 is 0. The van der Waals surface area contributed by atoms with Gasteiger partial charge in [0.1, 0.15) is 0 Å². The quantitative estimate of drug-likeness (QED) is 0.936. The molecule has 0 spiro atoms. The number of benzene rings is 2. The Kier molecular flexibility index (Phi) is 4.84. The standard InChI is InChI=1S/C20H23NO3/c1-14-6-9-18(20(23)24)13-21(14)19(22)11-8-15-7-10-16-4-2-3-5-17(16)12-15/h2-5,7,10,12,14,18H,6,8-9,11,13H2,1H3,(H,23,24). The van der Waals surface area contributed by atoms with E-state index >= 15 is 0 Å². The molecule has 1 N–H and O–H groups in total. The van der Waals surface area contributed by atoms with Gasteiger partial charge in [0.2, 0.25) is 5.91 Å². The van der Waals surface area contributed by atoms with Crippen molar-refractivity contribution in [3.05, 3.63) is 48.0 Å². The Morgan fingerprint density at radius 1 is 1.12 bits per heavy atom. The Labute approximate surface area is 142 Å². The molecular formula is C20H23NO3. The third-order valence-corrected chi connectivity index (χ3v) is 4.99. The van der Waals surface area contributed by atoms with E-state index in [1.807, 2.05) is 19.1 Å². The van der Waals surface area contributed by atoms with Crippen LogP contribution in [0.15, 0.2) is 42.5 Å². The molecule has 1 saturated heterocycles. The molecule has 2 aromatic rings. The maximum Gasteiger partial charge on any atom is 0.308 e. The van der Waals surface area contributed by atoms with Crippen LogP contribution in [0.25, 0.3) is 10.8 Å². The predicted octanol–water partition coefficient (Wildman–Crippen LogP) is 3.48. The molecule has 4 nitrogen and oxygen atoms in total. The molecule has 1 heterocycles. The van der Waals surface area contributed by atoms with Crippen molar-refractivity contribution in [3.63, 3.8) is 0 Å². The summed E-state index contributed by atoms with van der Waals surface area (Å²) in [6.07, 6.45) is 2.53. The summed E-state index contributed by atoms with van der Waals surface area (Å²) in [7, 11) is 0. The highest BCUT2D eigenvalue weighted by Crippen LogP contribution is 2.23. The molecule has 2 atom stereocenters. The highest BCUT2D eigenvalue weighted by atomic mass is 16.4. The SMILES string of the molecule is CC1CCC(C(=O)O)CN1C(=O)CCc1ccc2ccccc2c1. The topological polar surface area (TPSA) is 57.6 Å². The van der Waals surface area contributed by atoms with Gasteiger partial charge < -0.3 is 10.0 Å². The first kappa shape index (κ1) is 16.5. The first-order chi connectivity index (χ1) is 11.5. The van der Waals surface area contributed by atoms with Crippen molar-refractivity contribution in [1.82, 2.24) is 4.90 Å². The summed E-state index contributed by atoms with van der Waals surface area (Å²) in [5, 5.41) is 11.6. The first-order valence-electron chi connectivity index (χ1n) is 8.54. The van der Waals surface area contributed by atoms with Crippen LogP contribution in [0, 0.1) is 5.92 Å². The molecule has 1 amide bonds. The van der Waals surface area contributed by atoms with Gasteiger partial charge in [-0.15, -0.1) is 0 Å². The van der Waals surface area contributed by atoms with E-state index in [1.165, 1.54) is 10.8 Å². The van der Waals surface area contributed by atoms with Gasteiger partial charge in [0.05, 0.1) is 5.92 Å². The van der Waals surface area contributed by atoms with E-state index in [2.05, 4.69) is 30.3 Å². The summed E-state index contributed by atoms with van der Waals surface area (Å²) < 4.78 is 0. The first-order valence-corrected chi connectivity index (χ1v) is 8.54. The molecule has 24 heavy (non-hydrogen) atoms. The number of hydrogen-bond acceptors (Lipinski definition) is 2. The van der Waals surface area contributed by atoms with Crippen LogP contribution in [0.1, 0.15) is 31.7 Å². The molecule has 0 radical (unpaired) electrons. The summed E-state index contributed by atoms with van der Waals surface area (Å²) in [6, 6.07) is 14.6. The third-order valence-electron chi connectivity index (χ3n) is 4.99. The van der Waals surface area contributed by atoms with E-state index in [0.29, 0.717) is 25.8 Å². The van der Waals surface area contributed by atoms with E-state index in [0.717, 1.165) is 12.0 Å². The minimum atomic E-state index is -0.797. The molecule has 0 saturated carbocycles. The molecule has 4 heteroatoms. The van der Waals surface area contributed by atoms with Gasteiger partial charge in [-0.1, -0.05) is 42.5 Å². The van der Waals surface area contributed by atoms with Gasteiger partial charge in [-0.05, 0) is 42.5 Å². The lowest BCUT2D eigenvalue weighted by Gasteiger charge is -2.36. The van der Waals surface area contributed by atoms with Crippen molar-refractivity contribution in [1.29, 1.82) is 0 Å². The second-order valence-electron chi connectivity index (χ2n) is 6.69. The largest absolute Gasteiger partial charge is 0.481 e. The van der Waals surface area contributed by atoms with Crippen molar-refractivity contribution in [3.8, 4) is 0 Å². The Bertz CT molecular complexity index is 755. The molecular weight excluding hydrogens is 302 g/mol. The van der Waals surface area contributed by atoms with Gasteiger partial charge in [-0.2, -0.15) is 0 Å². The van der Waals surface area contributed by atoms with Gasteiger partial charge in [-0.3, -0.25) is 9.59 Å². The number of carbonyl (C=O) groups is 2. The number of rotatable bonds is 4. The number of piperidine rings is 1. The molecule has 1 aliphatic heterocycles. The van der Waals surface area contributed by atoms with Crippen molar-refractivity contribution < 1.29 is 14.7 Å². The summed E-state index contributed by atoms with van der Waals surface area (Å²) in [6.45, 7) is 2.35. The highest BCUT2D eigenvalue weighted by molar-refractivity contribution is 5.83. The van der Waals surface area contributed by atoms with Crippen molar-refractivity contribution in [2.24, 2.45) is 5.92 Å². The van der Waals surface area contributed by atoms with E-state index in [9.17, 15) is 14.7 Å². The van der Waals surface area contributed by atoms with Crippen LogP contribution >= 0.6 is 0 Å². The summed E-state index contributed by atoms with van der Waals surface area (Å²) in [5.41, 5.74) is 1.14. The lowest BCUT2D eigenvalue weighted by atomic mass is 9.93. The molecule has 3 rings (SSSR count). The second-order valence-corrected chi connectivity index (χ2v) is 6.69. The molecule has 1 aliphatic rings. The van der Waals surface area contributed by atoms with E-state index in [4.69, 9.17) is 0 Å². The number of aliphatic carboxylic acids is 1. The molecule has 126 valence electrons. The molecule has 0 bridgehead atoms. The van der Waals surface area contributed by atoms with Gasteiger partial charge >= 0.3 is 5.97 Å². The maximum atomic E-state index is 12.5. The molecule has 2 aromatic carbocycles. The van der Waals surface area contributed by atoms with Gasteiger partial charge in [0.15, 0.2) is 0 Å². The Morgan fingerprint density at radius 2 is 1.88 bits per heavy atom. The number of amides is 1. The number of carbonyl (C=O) groups excluding carboxylic acids is 1. The second kappa shape index (κ2) is 7.04. The lowest BCUT2D eigenvalue weighted by Crippen LogP contribution is -2.47. The zero-order valence-electron chi connectivity index (χ0n) is 13.9. The van der Waals surface area contributed by atoms with Crippen molar-refractivity contribution in [2.75, 3.05) is 6.54 Å². The Morgan fingerprint density at radius 3 is 2.62 bits per heavy atom. The van der Waals surface area contributed by atoms with Crippen LogP contribution in [0.3, 0.4) is 0 Å². The van der Waals surface area contributed by atoms with Crippen LogP contribution < -0.4 is 0 Å². The van der Waals surface area contributed by atoms with Gasteiger partial charge in [0, 0.05) is 19.0 Å². The average Bonchev–Trinajstić information content (AvgIpc) is 2.59. The number of fused-ring (bicyclic) bond motifs is 1. The number of likely N-dealkylation sites (tertiary alicyclic amines) is 1. The number of carboxylic acid groups (broad SMARTS) is 1. The fourth-order valence-electron chi connectivity index (χ4n) is 3.45. The minimum absolute atomic E-state index is 0.0570. The summed E-state index contributed by atoms with van der Waals surface area (Å²) in [5.74, 6) is -1.17. The highest BCUT2D eigenvalue weighted by Gasteiger charge is 2.32. The van der Waals surface area contributed by atoms with E-state index in [1.54, 1.807) is 4.90 Å². The van der Waals surface area contributed by atoms with Crippen LogP contribution in [0.4, 0.5) is 0 Å². The molecule has 0 aliphatic carbocycles. The zero-order valence-corrected chi connectivity index (χ0v) is 13.9. The maximum absolute atomic E-state index is 12.5. The fourth-order valence-corrected chi connectivity index (χ4v) is 3.45. The molecule has 0 aromatic heterocycles. The smallest absolute Gasteiger partial charge is 0.308 e. The van der Waals surface area contributed by atoms with Gasteiger partial charge in [0.25, 0.3) is 0 Å². The Hall–Kier alpha value is -2.36. The summed E-state index contributed by atoms with van der Waals surface area (Å²) in [4.78, 5) is 25.5. The van der Waals surface area contributed by atoms with E-state index in [-0.39, 0.29) is 11.9 Å². The third kappa shape index (κ3) is 3.58. The van der Waals surface area contributed by atoms with Crippen LogP contribution in [-0.2, 0) is 16.0 Å². The number of nitrogens with zero attached hydrogens (tertiary/aromatic N) is 1. The van der Waals surface area contributed by atoms with Gasteiger partial charge in [-0.25, -0.2) is 0 Å². The molecule has 1 fully saturated rings. The zero-order chi connectivity index (χ0) is 17.1. The predicted molar refractivity (Wildman–Crippen MR) is 93.8 cm³/mol. The van der Waals surface area contributed by atoms with Crippen molar-refractivity contribution in [2.45, 2.75) is 38.6 Å². The number of aryl methyl sites for hydroxylation is 1. The van der Waals surface area contributed by atoms with Crippen LogP contribution in [-0.4, -0.2) is 34.5 Å². The Balaban J connectivity index is 1.64. The van der Waals surface area contributed by atoms with Crippen LogP contribution in [0.2, 0.25) is 0 Å². The minimum Gasteiger partial charge on any atom is -0.481 e. The normalized spacial score (nSPS) is 21.0.